The second-order valence-corrected chi connectivity index (χ2v) is 4.73. The number of anilines is 1. The van der Waals surface area contributed by atoms with Gasteiger partial charge in [-0.3, -0.25) is 15.0 Å². The van der Waals surface area contributed by atoms with Crippen molar-refractivity contribution in [3.63, 3.8) is 0 Å². The van der Waals surface area contributed by atoms with Crippen molar-refractivity contribution in [2.45, 2.75) is 6.54 Å². The second kappa shape index (κ2) is 7.37. The van der Waals surface area contributed by atoms with Crippen LogP contribution in [0.4, 0.5) is 14.9 Å². The Balaban J connectivity index is 1.79. The Kier molecular flexibility index (Phi) is 5.26. The van der Waals surface area contributed by atoms with Crippen molar-refractivity contribution in [1.29, 1.82) is 0 Å². The first kappa shape index (κ1) is 15.7. The molecular weight excluding hydrogens is 289 g/mol. The fourth-order valence-electron chi connectivity index (χ4n) is 1.85. The zero-order valence-corrected chi connectivity index (χ0v) is 12.0. The van der Waals surface area contributed by atoms with Gasteiger partial charge in [0, 0.05) is 0 Å². The molecule has 1 aromatic carbocycles. The zero-order valence-electron chi connectivity index (χ0n) is 12.0. The average molecular weight is 305 g/mol. The van der Waals surface area contributed by atoms with Gasteiger partial charge in [0.1, 0.15) is 11.6 Å². The fraction of sp³-hybridized carbons (Fsp3) is 0.200. The summed E-state index contributed by atoms with van der Waals surface area (Å²) < 4.78 is 18.5. The molecule has 0 atom stereocenters. The number of rotatable bonds is 5. The van der Waals surface area contributed by atoms with Crippen molar-refractivity contribution in [1.82, 2.24) is 10.2 Å². The number of likely N-dealkylation sites (N-methyl/N-ethyl adjacent to an activating group) is 1. The van der Waals surface area contributed by atoms with E-state index in [0.717, 1.165) is 0 Å². The van der Waals surface area contributed by atoms with Crippen LogP contribution >= 0.6 is 0 Å². The molecule has 0 saturated carbocycles. The Morgan fingerprint density at radius 3 is 2.68 bits per heavy atom. The lowest BCUT2D eigenvalue weighted by Gasteiger charge is -2.14. The maximum atomic E-state index is 13.4. The van der Waals surface area contributed by atoms with Crippen LogP contribution in [0.1, 0.15) is 5.76 Å². The van der Waals surface area contributed by atoms with Crippen molar-refractivity contribution in [3.05, 3.63) is 54.2 Å². The van der Waals surface area contributed by atoms with E-state index in [4.69, 9.17) is 4.42 Å². The monoisotopic (exact) mass is 305 g/mol. The number of nitrogens with zero attached hydrogens (tertiary/aromatic N) is 1. The number of nitrogens with one attached hydrogen (secondary N) is 2. The lowest BCUT2D eigenvalue weighted by molar-refractivity contribution is -0.120. The molecular formula is C15H16FN3O3. The quantitative estimate of drug-likeness (QED) is 0.888. The summed E-state index contributed by atoms with van der Waals surface area (Å²) in [5.74, 6) is -0.353. The first-order chi connectivity index (χ1) is 10.5. The van der Waals surface area contributed by atoms with E-state index >= 15 is 0 Å². The van der Waals surface area contributed by atoms with E-state index in [9.17, 15) is 14.0 Å². The minimum absolute atomic E-state index is 0.00535. The number of carbonyl (C=O) groups is 2. The topological polar surface area (TPSA) is 74.6 Å². The van der Waals surface area contributed by atoms with Crippen LogP contribution in [0.3, 0.4) is 0 Å². The molecule has 2 N–H and O–H groups in total. The molecule has 0 aliphatic heterocycles. The second-order valence-electron chi connectivity index (χ2n) is 4.73. The summed E-state index contributed by atoms with van der Waals surface area (Å²) in [6, 6.07) is 8.48. The first-order valence-electron chi connectivity index (χ1n) is 6.61. The van der Waals surface area contributed by atoms with Crippen molar-refractivity contribution < 1.29 is 18.4 Å². The standard InChI is InChI=1S/C15H16FN3O3/c1-19(9-11-5-4-8-22-11)10-14(20)18-15(21)17-13-7-3-2-6-12(13)16/h2-8H,9-10H2,1H3,(H2,17,18,20,21). The maximum absolute atomic E-state index is 13.4. The highest BCUT2D eigenvalue weighted by molar-refractivity contribution is 6.01. The highest BCUT2D eigenvalue weighted by atomic mass is 19.1. The van der Waals surface area contributed by atoms with Crippen LogP contribution in [-0.4, -0.2) is 30.4 Å². The molecule has 0 unspecified atom stereocenters. The van der Waals surface area contributed by atoms with E-state index in [-0.39, 0.29) is 12.2 Å². The number of halogens is 1. The van der Waals surface area contributed by atoms with Gasteiger partial charge in [0.05, 0.1) is 25.0 Å². The van der Waals surface area contributed by atoms with Crippen LogP contribution in [0, 0.1) is 5.82 Å². The predicted molar refractivity (Wildman–Crippen MR) is 78.6 cm³/mol. The molecule has 2 rings (SSSR count). The van der Waals surface area contributed by atoms with Gasteiger partial charge in [0.2, 0.25) is 5.91 Å². The third kappa shape index (κ3) is 4.71. The van der Waals surface area contributed by atoms with Crippen molar-refractivity contribution in [2.75, 3.05) is 18.9 Å². The Labute approximate surface area is 126 Å². The molecule has 2 aromatic rings. The van der Waals surface area contributed by atoms with Crippen molar-refractivity contribution in [3.8, 4) is 0 Å². The molecule has 0 aliphatic carbocycles. The first-order valence-corrected chi connectivity index (χ1v) is 6.61. The Morgan fingerprint density at radius 2 is 2.00 bits per heavy atom. The molecule has 22 heavy (non-hydrogen) atoms. The van der Waals surface area contributed by atoms with E-state index < -0.39 is 17.8 Å². The third-order valence-electron chi connectivity index (χ3n) is 2.79. The number of para-hydroxylation sites is 1. The number of imide groups is 1. The van der Waals surface area contributed by atoms with Gasteiger partial charge >= 0.3 is 6.03 Å². The zero-order chi connectivity index (χ0) is 15.9. The fourth-order valence-corrected chi connectivity index (χ4v) is 1.85. The van der Waals surface area contributed by atoms with Gasteiger partial charge < -0.3 is 9.73 Å². The summed E-state index contributed by atoms with van der Waals surface area (Å²) in [6.45, 7) is 0.445. The van der Waals surface area contributed by atoms with Gasteiger partial charge in [0.25, 0.3) is 0 Å². The van der Waals surface area contributed by atoms with E-state index in [2.05, 4.69) is 10.6 Å². The Bertz CT molecular complexity index is 643. The lowest BCUT2D eigenvalue weighted by Crippen LogP contribution is -2.40. The van der Waals surface area contributed by atoms with Gasteiger partial charge in [-0.2, -0.15) is 0 Å². The van der Waals surface area contributed by atoms with Crippen LogP contribution < -0.4 is 10.6 Å². The molecule has 1 aromatic heterocycles. The van der Waals surface area contributed by atoms with Gasteiger partial charge in [-0.25, -0.2) is 9.18 Å². The van der Waals surface area contributed by atoms with Crippen LogP contribution in [0.15, 0.2) is 47.1 Å². The van der Waals surface area contributed by atoms with Gasteiger partial charge in [-0.15, -0.1) is 0 Å². The number of furan rings is 1. The Morgan fingerprint density at radius 1 is 1.23 bits per heavy atom. The van der Waals surface area contributed by atoms with Gasteiger partial charge in [-0.05, 0) is 31.3 Å². The number of benzene rings is 1. The highest BCUT2D eigenvalue weighted by Gasteiger charge is 2.12. The van der Waals surface area contributed by atoms with Crippen LogP contribution in [0.25, 0.3) is 0 Å². The number of urea groups is 1. The van der Waals surface area contributed by atoms with E-state index in [1.54, 1.807) is 36.4 Å². The number of hydrogen-bond acceptors (Lipinski definition) is 4. The minimum Gasteiger partial charge on any atom is -0.468 e. The van der Waals surface area contributed by atoms with Crippen LogP contribution in [0.5, 0.6) is 0 Å². The average Bonchev–Trinajstić information content (AvgIpc) is 2.93. The van der Waals surface area contributed by atoms with Gasteiger partial charge in [-0.1, -0.05) is 12.1 Å². The summed E-state index contributed by atoms with van der Waals surface area (Å²) in [5.41, 5.74) is 0.0109. The predicted octanol–water partition coefficient (Wildman–Crippen LogP) is 2.20. The van der Waals surface area contributed by atoms with Crippen molar-refractivity contribution >= 4 is 17.6 Å². The number of hydrogen-bond donors (Lipinski definition) is 2. The molecule has 0 radical (unpaired) electrons. The summed E-state index contributed by atoms with van der Waals surface area (Å²) in [4.78, 5) is 25.0. The SMILES string of the molecule is CN(CC(=O)NC(=O)Nc1ccccc1F)Cc1ccco1. The van der Waals surface area contributed by atoms with Crippen LogP contribution in [0.2, 0.25) is 0 Å². The summed E-state index contributed by atoms with van der Waals surface area (Å²) in [5, 5.41) is 4.42. The summed E-state index contributed by atoms with van der Waals surface area (Å²) in [6.07, 6.45) is 1.55. The van der Waals surface area contributed by atoms with E-state index in [1.165, 1.54) is 18.2 Å². The lowest BCUT2D eigenvalue weighted by atomic mass is 10.3. The van der Waals surface area contributed by atoms with Gasteiger partial charge in [0.15, 0.2) is 0 Å². The Hall–Kier alpha value is -2.67. The molecule has 6 nitrogen and oxygen atoms in total. The molecule has 0 bridgehead atoms. The van der Waals surface area contributed by atoms with E-state index in [0.29, 0.717) is 12.3 Å². The summed E-state index contributed by atoms with van der Waals surface area (Å²) in [7, 11) is 1.72. The summed E-state index contributed by atoms with van der Waals surface area (Å²) >= 11 is 0. The smallest absolute Gasteiger partial charge is 0.326 e. The molecule has 0 spiro atoms. The van der Waals surface area contributed by atoms with Crippen LogP contribution in [-0.2, 0) is 11.3 Å². The maximum Gasteiger partial charge on any atom is 0.326 e. The number of amides is 3. The highest BCUT2D eigenvalue weighted by Crippen LogP contribution is 2.11. The number of carbonyl (C=O) groups excluding carboxylic acids is 2. The molecule has 0 aliphatic rings. The van der Waals surface area contributed by atoms with Crippen molar-refractivity contribution in [2.24, 2.45) is 0 Å². The molecule has 3 amide bonds. The third-order valence-corrected chi connectivity index (χ3v) is 2.79. The molecule has 0 fully saturated rings. The molecule has 7 heteroatoms. The van der Waals surface area contributed by atoms with E-state index in [1.807, 2.05) is 0 Å². The minimum atomic E-state index is -0.776. The largest absolute Gasteiger partial charge is 0.468 e. The molecule has 1 heterocycles. The molecule has 0 saturated heterocycles. The molecule has 116 valence electrons. The normalized spacial score (nSPS) is 10.5.